The summed E-state index contributed by atoms with van der Waals surface area (Å²) in [5.41, 5.74) is -0.0758. The number of benzene rings is 1. The van der Waals surface area contributed by atoms with Crippen molar-refractivity contribution in [2.75, 3.05) is 0 Å². The number of thiophene rings is 1. The Bertz CT molecular complexity index is 523. The third-order valence-electron chi connectivity index (χ3n) is 1.80. The first-order valence-corrected chi connectivity index (χ1v) is 5.31. The lowest BCUT2D eigenvalue weighted by Gasteiger charge is -1.96. The summed E-state index contributed by atoms with van der Waals surface area (Å²) in [6, 6.07) is 3.13. The molecule has 0 radical (unpaired) electrons. The lowest BCUT2D eigenvalue weighted by Crippen LogP contribution is -1.88. The number of non-ortho nitro benzene ring substituents is 1. The number of aromatic hydroxyl groups is 1. The van der Waals surface area contributed by atoms with E-state index < -0.39 is 4.92 Å². The maximum Gasteiger partial charge on any atom is 0.282 e. The van der Waals surface area contributed by atoms with Crippen LogP contribution in [0, 0.1) is 10.1 Å². The van der Waals surface area contributed by atoms with Gasteiger partial charge in [-0.05, 0) is 6.07 Å². The summed E-state index contributed by atoms with van der Waals surface area (Å²) in [6.07, 6.45) is 0. The average molecular weight is 274 g/mol. The van der Waals surface area contributed by atoms with Crippen LogP contribution in [0.25, 0.3) is 10.1 Å². The highest BCUT2D eigenvalue weighted by atomic mass is 79.9. The molecule has 1 aromatic heterocycles. The normalized spacial score (nSPS) is 10.6. The summed E-state index contributed by atoms with van der Waals surface area (Å²) in [6.45, 7) is 0. The Morgan fingerprint density at radius 1 is 1.50 bits per heavy atom. The van der Waals surface area contributed by atoms with Gasteiger partial charge in [0, 0.05) is 20.6 Å². The van der Waals surface area contributed by atoms with Crippen molar-refractivity contribution in [1.82, 2.24) is 0 Å². The van der Waals surface area contributed by atoms with Crippen molar-refractivity contribution in [2.45, 2.75) is 0 Å². The Morgan fingerprint density at radius 2 is 2.21 bits per heavy atom. The van der Waals surface area contributed by atoms with Crippen molar-refractivity contribution in [3.05, 3.63) is 32.1 Å². The van der Waals surface area contributed by atoms with Gasteiger partial charge in [-0.1, -0.05) is 15.9 Å². The first-order chi connectivity index (χ1) is 6.59. The smallest absolute Gasteiger partial charge is 0.282 e. The Labute approximate surface area is 91.1 Å². The molecule has 6 heteroatoms. The van der Waals surface area contributed by atoms with Crippen LogP contribution in [0.2, 0.25) is 0 Å². The minimum Gasteiger partial charge on any atom is -0.506 e. The van der Waals surface area contributed by atoms with E-state index in [0.717, 1.165) is 0 Å². The van der Waals surface area contributed by atoms with Crippen LogP contribution >= 0.6 is 27.3 Å². The summed E-state index contributed by atoms with van der Waals surface area (Å²) in [5.74, 6) is -0.0378. The monoisotopic (exact) mass is 273 g/mol. The predicted octanol–water partition coefficient (Wildman–Crippen LogP) is 3.28. The van der Waals surface area contributed by atoms with Gasteiger partial charge in [0.05, 0.1) is 4.92 Å². The number of rotatable bonds is 1. The zero-order chi connectivity index (χ0) is 10.3. The Hall–Kier alpha value is -1.14. The molecule has 0 saturated carbocycles. The van der Waals surface area contributed by atoms with Gasteiger partial charge >= 0.3 is 0 Å². The second kappa shape index (κ2) is 3.21. The van der Waals surface area contributed by atoms with Crippen LogP contribution in [0.1, 0.15) is 0 Å². The number of nitro groups is 1. The Kier molecular flexibility index (Phi) is 2.16. The van der Waals surface area contributed by atoms with Crippen molar-refractivity contribution in [3.8, 4) is 5.75 Å². The third-order valence-corrected chi connectivity index (χ3v) is 3.17. The molecule has 2 aromatic rings. The number of fused-ring (bicyclic) bond motifs is 1. The average Bonchev–Trinajstić information content (AvgIpc) is 2.46. The number of nitro benzene ring substituents is 1. The first kappa shape index (κ1) is 9.42. The molecular weight excluding hydrogens is 270 g/mol. The lowest BCUT2D eigenvalue weighted by atomic mass is 10.2. The molecule has 1 heterocycles. The van der Waals surface area contributed by atoms with Crippen LogP contribution in [0.5, 0.6) is 5.75 Å². The highest BCUT2D eigenvalue weighted by Crippen LogP contribution is 2.39. The van der Waals surface area contributed by atoms with E-state index in [4.69, 9.17) is 0 Å². The lowest BCUT2D eigenvalue weighted by molar-refractivity contribution is -0.383. The van der Waals surface area contributed by atoms with E-state index in [0.29, 0.717) is 14.6 Å². The zero-order valence-corrected chi connectivity index (χ0v) is 9.13. The molecule has 1 aromatic carbocycles. The van der Waals surface area contributed by atoms with E-state index in [-0.39, 0.29) is 11.4 Å². The van der Waals surface area contributed by atoms with Crippen LogP contribution < -0.4 is 0 Å². The Morgan fingerprint density at radius 3 is 2.86 bits per heavy atom. The van der Waals surface area contributed by atoms with Gasteiger partial charge in [-0.2, -0.15) is 0 Å². The zero-order valence-electron chi connectivity index (χ0n) is 6.73. The molecule has 0 aliphatic heterocycles. The molecule has 0 bridgehead atoms. The summed E-state index contributed by atoms with van der Waals surface area (Å²) >= 11 is 4.46. The van der Waals surface area contributed by atoms with Gasteiger partial charge in [-0.15, -0.1) is 11.3 Å². The van der Waals surface area contributed by atoms with Crippen molar-refractivity contribution in [1.29, 1.82) is 0 Å². The molecule has 0 unspecified atom stereocenters. The molecule has 0 fully saturated rings. The molecule has 0 amide bonds. The summed E-state index contributed by atoms with van der Waals surface area (Å²) < 4.78 is 1.34. The molecule has 0 spiro atoms. The predicted molar refractivity (Wildman–Crippen MR) is 57.8 cm³/mol. The fourth-order valence-corrected chi connectivity index (χ4v) is 2.72. The molecule has 0 atom stereocenters. The van der Waals surface area contributed by atoms with Crippen LogP contribution in [-0.4, -0.2) is 10.0 Å². The van der Waals surface area contributed by atoms with Gasteiger partial charge in [-0.25, -0.2) is 0 Å². The minimum atomic E-state index is -0.500. The van der Waals surface area contributed by atoms with E-state index in [1.165, 1.54) is 22.8 Å². The number of nitrogens with zero attached hydrogens (tertiary/aromatic N) is 1. The van der Waals surface area contributed by atoms with E-state index in [2.05, 4.69) is 15.9 Å². The maximum atomic E-state index is 10.7. The first-order valence-electron chi connectivity index (χ1n) is 3.63. The molecule has 2 rings (SSSR count). The minimum absolute atomic E-state index is 0.0378. The van der Waals surface area contributed by atoms with Crippen molar-refractivity contribution in [3.63, 3.8) is 0 Å². The quantitative estimate of drug-likeness (QED) is 0.641. The van der Waals surface area contributed by atoms with Gasteiger partial charge in [0.15, 0.2) is 0 Å². The van der Waals surface area contributed by atoms with Crippen LogP contribution in [0.4, 0.5) is 5.69 Å². The Balaban J connectivity index is 2.90. The SMILES string of the molecule is O=[N+]([O-])c1cc(Br)cc2scc(O)c12. The molecular formula is C8H4BrNO3S. The summed E-state index contributed by atoms with van der Waals surface area (Å²) in [4.78, 5) is 10.2. The standard InChI is InChI=1S/C8H4BrNO3S/c9-4-1-5(10(12)13)8-6(11)3-14-7(8)2-4/h1-3,11H. The van der Waals surface area contributed by atoms with E-state index in [1.54, 1.807) is 6.07 Å². The highest BCUT2D eigenvalue weighted by molar-refractivity contribution is 9.10. The second-order valence-corrected chi connectivity index (χ2v) is 4.50. The second-order valence-electron chi connectivity index (χ2n) is 2.68. The summed E-state index contributed by atoms with van der Waals surface area (Å²) in [5, 5.41) is 21.9. The van der Waals surface area contributed by atoms with Gasteiger partial charge < -0.3 is 5.11 Å². The van der Waals surface area contributed by atoms with Crippen LogP contribution in [-0.2, 0) is 0 Å². The van der Waals surface area contributed by atoms with Gasteiger partial charge in [0.2, 0.25) is 0 Å². The van der Waals surface area contributed by atoms with Crippen molar-refractivity contribution >= 4 is 43.0 Å². The number of hydrogen-bond acceptors (Lipinski definition) is 4. The van der Waals surface area contributed by atoms with Gasteiger partial charge in [0.1, 0.15) is 11.1 Å². The fraction of sp³-hybridized carbons (Fsp3) is 0. The highest BCUT2D eigenvalue weighted by Gasteiger charge is 2.17. The molecule has 4 nitrogen and oxygen atoms in total. The maximum absolute atomic E-state index is 10.7. The van der Waals surface area contributed by atoms with Crippen molar-refractivity contribution < 1.29 is 10.0 Å². The van der Waals surface area contributed by atoms with Gasteiger partial charge in [-0.3, -0.25) is 10.1 Å². The van der Waals surface area contributed by atoms with Crippen LogP contribution in [0.15, 0.2) is 22.0 Å². The largest absolute Gasteiger partial charge is 0.506 e. The van der Waals surface area contributed by atoms with E-state index in [9.17, 15) is 15.2 Å². The number of halogens is 1. The van der Waals surface area contributed by atoms with E-state index >= 15 is 0 Å². The van der Waals surface area contributed by atoms with E-state index in [1.807, 2.05) is 0 Å². The summed E-state index contributed by atoms with van der Waals surface area (Å²) in [7, 11) is 0. The molecule has 72 valence electrons. The van der Waals surface area contributed by atoms with Crippen molar-refractivity contribution in [2.24, 2.45) is 0 Å². The molecule has 0 saturated heterocycles. The molecule has 14 heavy (non-hydrogen) atoms. The van der Waals surface area contributed by atoms with Crippen LogP contribution in [0.3, 0.4) is 0 Å². The molecule has 0 aliphatic carbocycles. The molecule has 1 N–H and O–H groups in total. The molecule has 0 aliphatic rings. The number of hydrogen-bond donors (Lipinski definition) is 1. The third kappa shape index (κ3) is 1.36. The fourth-order valence-electron chi connectivity index (χ4n) is 1.24. The topological polar surface area (TPSA) is 63.4 Å². The van der Waals surface area contributed by atoms with Gasteiger partial charge in [0.25, 0.3) is 5.69 Å².